The van der Waals surface area contributed by atoms with Crippen molar-refractivity contribution in [3.63, 3.8) is 0 Å². The maximum atomic E-state index is 14.0. The average Bonchev–Trinajstić information content (AvgIpc) is 3.31. The largest absolute Gasteiger partial charge is 0.550 e. The highest BCUT2D eigenvalue weighted by molar-refractivity contribution is 6.06. The molecule has 0 aliphatic carbocycles. The van der Waals surface area contributed by atoms with Crippen LogP contribution in [0.1, 0.15) is 54.5 Å². The van der Waals surface area contributed by atoms with Gasteiger partial charge < -0.3 is 30.0 Å². The van der Waals surface area contributed by atoms with Crippen molar-refractivity contribution in [2.75, 3.05) is 0 Å². The van der Waals surface area contributed by atoms with Crippen LogP contribution in [0.2, 0.25) is 0 Å². The van der Waals surface area contributed by atoms with Crippen LogP contribution in [0.5, 0.6) is 0 Å². The van der Waals surface area contributed by atoms with Gasteiger partial charge in [-0.15, -0.1) is 0 Å². The van der Waals surface area contributed by atoms with E-state index in [4.69, 9.17) is 0 Å². The summed E-state index contributed by atoms with van der Waals surface area (Å²) in [5, 5.41) is 34.4. The molecule has 0 bridgehead atoms. The first-order chi connectivity index (χ1) is 20.5. The maximum Gasteiger partial charge on any atom is 0.268 e. The number of aliphatic carboxylic acids is 1. The smallest absolute Gasteiger partial charge is 0.268 e. The van der Waals surface area contributed by atoms with Crippen molar-refractivity contribution in [3.05, 3.63) is 114 Å². The van der Waals surface area contributed by atoms with Crippen LogP contribution >= 0.6 is 0 Å². The van der Waals surface area contributed by atoms with E-state index in [-0.39, 0.29) is 24.8 Å². The van der Waals surface area contributed by atoms with Crippen molar-refractivity contribution >= 4 is 18.0 Å². The fourth-order valence-corrected chi connectivity index (χ4v) is 5.03. The molecule has 3 aromatic carbocycles. The molecule has 2 atom stereocenters. The minimum Gasteiger partial charge on any atom is -0.550 e. The summed E-state index contributed by atoms with van der Waals surface area (Å²) in [6, 6.07) is 20.7. The van der Waals surface area contributed by atoms with Crippen LogP contribution in [0.3, 0.4) is 0 Å². The van der Waals surface area contributed by atoms with Gasteiger partial charge in [0.2, 0.25) is 0 Å². The molecule has 1 amide bonds. The first-order valence-corrected chi connectivity index (χ1v) is 13.9. The van der Waals surface area contributed by atoms with E-state index in [0.717, 1.165) is 5.56 Å². The van der Waals surface area contributed by atoms with Crippen LogP contribution in [0.25, 0.3) is 28.3 Å². The molecule has 4 rings (SSSR count). The van der Waals surface area contributed by atoms with Gasteiger partial charge in [0, 0.05) is 48.2 Å². The second-order valence-electron chi connectivity index (χ2n) is 10.5. The van der Waals surface area contributed by atoms with Gasteiger partial charge in [-0.1, -0.05) is 60.7 Å². The van der Waals surface area contributed by atoms with E-state index in [1.165, 1.54) is 30.3 Å². The van der Waals surface area contributed by atoms with Gasteiger partial charge in [0.15, 0.2) is 0 Å². The second kappa shape index (κ2) is 14.0. The van der Waals surface area contributed by atoms with Gasteiger partial charge in [0.25, 0.3) is 5.91 Å². The first kappa shape index (κ1) is 31.3. The Morgan fingerprint density at radius 2 is 1.47 bits per heavy atom. The molecule has 0 radical (unpaired) electrons. The molecule has 224 valence electrons. The summed E-state index contributed by atoms with van der Waals surface area (Å²) in [4.78, 5) is 24.9. The Hall–Kier alpha value is -4.60. The van der Waals surface area contributed by atoms with E-state index >= 15 is 0 Å². The number of hydrogen-bond donors (Lipinski definition) is 3. The molecule has 0 aliphatic rings. The molecule has 0 spiro atoms. The van der Waals surface area contributed by atoms with E-state index in [9.17, 15) is 33.7 Å². The number of carbonyl (C=O) groups excluding carboxylic acids is 2. The van der Waals surface area contributed by atoms with Crippen LogP contribution in [0.15, 0.2) is 84.9 Å². The molecular weight excluding hydrogens is 554 g/mol. The summed E-state index contributed by atoms with van der Waals surface area (Å²) >= 11 is 0. The SMILES string of the molecule is CC(C)n1c(/C=C/C(O)C[C@@H](O)CC(=O)[O-])c(-c2ccc(F)cc2)c(-c2ccccc2)c1C(=O)NCc1ccc(F)cc1. The molecule has 0 fully saturated rings. The predicted octanol–water partition coefficient (Wildman–Crippen LogP) is 4.88. The molecule has 0 saturated carbocycles. The summed E-state index contributed by atoms with van der Waals surface area (Å²) in [5.74, 6) is -2.64. The first-order valence-electron chi connectivity index (χ1n) is 13.9. The van der Waals surface area contributed by atoms with E-state index < -0.39 is 36.3 Å². The maximum absolute atomic E-state index is 14.0. The molecule has 1 unspecified atom stereocenters. The van der Waals surface area contributed by atoms with Gasteiger partial charge in [-0.05, 0) is 60.9 Å². The summed E-state index contributed by atoms with van der Waals surface area (Å²) in [6.45, 7) is 3.94. The molecule has 9 heteroatoms. The van der Waals surface area contributed by atoms with Gasteiger partial charge >= 0.3 is 0 Å². The lowest BCUT2D eigenvalue weighted by Crippen LogP contribution is -2.29. The zero-order valence-corrected chi connectivity index (χ0v) is 23.8. The number of amides is 1. The van der Waals surface area contributed by atoms with Gasteiger partial charge in [0.1, 0.15) is 17.3 Å². The Kier molecular flexibility index (Phi) is 10.2. The third-order valence-corrected chi connectivity index (χ3v) is 6.93. The minimum absolute atomic E-state index is 0.142. The average molecular weight is 588 g/mol. The molecule has 0 aliphatic heterocycles. The Balaban J connectivity index is 1.90. The number of carboxylic acids is 1. The Labute approximate surface area is 248 Å². The Morgan fingerprint density at radius 1 is 0.884 bits per heavy atom. The highest BCUT2D eigenvalue weighted by Gasteiger charge is 2.29. The monoisotopic (exact) mass is 587 g/mol. The minimum atomic E-state index is -1.43. The molecule has 7 nitrogen and oxygen atoms in total. The number of aromatic nitrogens is 1. The lowest BCUT2D eigenvalue weighted by atomic mass is 9.94. The summed E-state index contributed by atoms with van der Waals surface area (Å²) in [5.41, 5.74) is 4.13. The van der Waals surface area contributed by atoms with E-state index in [0.29, 0.717) is 33.6 Å². The van der Waals surface area contributed by atoms with Crippen molar-refractivity contribution < 1.29 is 33.7 Å². The number of nitrogens with one attached hydrogen (secondary N) is 1. The van der Waals surface area contributed by atoms with Crippen molar-refractivity contribution in [1.82, 2.24) is 9.88 Å². The third kappa shape index (κ3) is 7.82. The van der Waals surface area contributed by atoms with Crippen molar-refractivity contribution in [2.45, 2.75) is 51.5 Å². The summed E-state index contributed by atoms with van der Waals surface area (Å²) in [6.07, 6.45) is -0.333. The number of aliphatic hydroxyl groups is 2. The number of rotatable bonds is 12. The second-order valence-corrected chi connectivity index (χ2v) is 10.5. The molecule has 1 heterocycles. The number of carboxylic acid groups (broad SMARTS) is 1. The van der Waals surface area contributed by atoms with Crippen LogP contribution in [-0.2, 0) is 11.3 Å². The van der Waals surface area contributed by atoms with Gasteiger partial charge in [0.05, 0.1) is 12.2 Å². The fourth-order valence-electron chi connectivity index (χ4n) is 5.03. The van der Waals surface area contributed by atoms with Gasteiger partial charge in [-0.25, -0.2) is 8.78 Å². The standard InChI is InChI=1S/C34H34F2N2O5/c1-21(2)38-29(17-16-27(39)18-28(40)19-30(41)42)31(24-10-14-26(36)15-11-24)32(23-6-4-3-5-7-23)33(38)34(43)37-20-22-8-12-25(35)13-9-22/h3-17,21,27-28,39-40H,18-20H2,1-2H3,(H,37,43)(H,41,42)/p-1/b17-16+/t27?,28-/m1/s1. The zero-order valence-electron chi connectivity index (χ0n) is 23.8. The van der Waals surface area contributed by atoms with Crippen molar-refractivity contribution in [2.24, 2.45) is 0 Å². The number of hydrogen-bond acceptors (Lipinski definition) is 5. The normalized spacial score (nSPS) is 12.9. The summed E-state index contributed by atoms with van der Waals surface area (Å²) < 4.78 is 29.3. The van der Waals surface area contributed by atoms with Crippen molar-refractivity contribution in [1.29, 1.82) is 0 Å². The molecule has 1 aromatic heterocycles. The van der Waals surface area contributed by atoms with Crippen molar-refractivity contribution in [3.8, 4) is 22.3 Å². The lowest BCUT2D eigenvalue weighted by Gasteiger charge is -2.17. The van der Waals surface area contributed by atoms with Gasteiger partial charge in [-0.2, -0.15) is 0 Å². The van der Waals surface area contributed by atoms with Gasteiger partial charge in [-0.3, -0.25) is 4.79 Å². The molecular formula is C34H33F2N2O5-. The number of benzene rings is 3. The molecule has 4 aromatic rings. The van der Waals surface area contributed by atoms with E-state index in [1.54, 1.807) is 30.3 Å². The van der Waals surface area contributed by atoms with Crippen LogP contribution in [-0.4, -0.2) is 38.9 Å². The topological polar surface area (TPSA) is 115 Å². The Bertz CT molecular complexity index is 1580. The third-order valence-electron chi connectivity index (χ3n) is 6.93. The number of halogens is 2. The number of nitrogens with zero attached hydrogens (tertiary/aromatic N) is 1. The van der Waals surface area contributed by atoms with Crippen LogP contribution in [0.4, 0.5) is 8.78 Å². The molecule has 0 saturated heterocycles. The highest BCUT2D eigenvalue weighted by atomic mass is 19.1. The highest BCUT2D eigenvalue weighted by Crippen LogP contribution is 2.42. The van der Waals surface area contributed by atoms with E-state index in [2.05, 4.69) is 5.32 Å². The molecule has 3 N–H and O–H groups in total. The Morgan fingerprint density at radius 3 is 2.05 bits per heavy atom. The van der Waals surface area contributed by atoms with Crippen LogP contribution < -0.4 is 10.4 Å². The van der Waals surface area contributed by atoms with E-state index in [1.807, 2.05) is 48.7 Å². The fraction of sp³-hybridized carbons (Fsp3) is 0.235. The zero-order chi connectivity index (χ0) is 31.1. The number of aliphatic hydroxyl groups excluding tert-OH is 2. The molecule has 43 heavy (non-hydrogen) atoms. The van der Waals surface area contributed by atoms with Crippen LogP contribution in [0, 0.1) is 11.6 Å². The lowest BCUT2D eigenvalue weighted by molar-refractivity contribution is -0.307. The predicted molar refractivity (Wildman–Crippen MR) is 159 cm³/mol. The summed E-state index contributed by atoms with van der Waals surface area (Å²) in [7, 11) is 0. The quantitative estimate of drug-likeness (QED) is 0.219. The number of carbonyl (C=O) groups is 2.